The summed E-state index contributed by atoms with van der Waals surface area (Å²) in [5, 5.41) is 1.15. The molecule has 0 bridgehead atoms. The topological polar surface area (TPSA) is 55.3 Å². The highest BCUT2D eigenvalue weighted by atomic mass is 35.5. The van der Waals surface area contributed by atoms with Crippen LogP contribution in [-0.2, 0) is 4.74 Å². The second-order valence-corrected chi connectivity index (χ2v) is 7.30. The van der Waals surface area contributed by atoms with E-state index < -0.39 is 0 Å². The summed E-state index contributed by atoms with van der Waals surface area (Å²) in [7, 11) is 0. The molecule has 23 heavy (non-hydrogen) atoms. The molecule has 3 heterocycles. The molecule has 0 N–H and O–H groups in total. The highest BCUT2D eigenvalue weighted by Crippen LogP contribution is 2.37. The van der Waals surface area contributed by atoms with E-state index in [0.717, 1.165) is 41.1 Å². The summed E-state index contributed by atoms with van der Waals surface area (Å²) in [6.07, 6.45) is 2.37. The Balaban J connectivity index is 2.12. The quantitative estimate of drug-likeness (QED) is 0.615. The van der Waals surface area contributed by atoms with Crippen LogP contribution in [0.25, 0.3) is 10.2 Å². The smallest absolute Gasteiger partial charge is 0.348 e. The molecule has 124 valence electrons. The number of nitrogens with zero attached hydrogens (tertiary/aromatic N) is 3. The lowest BCUT2D eigenvalue weighted by atomic mass is 10.00. The van der Waals surface area contributed by atoms with Crippen LogP contribution in [0.5, 0.6) is 0 Å². The van der Waals surface area contributed by atoms with Crippen molar-refractivity contribution in [2.45, 2.75) is 33.6 Å². The molecule has 1 fully saturated rings. The third-order valence-electron chi connectivity index (χ3n) is 4.16. The molecule has 2 aromatic heterocycles. The number of anilines is 1. The molecule has 0 spiro atoms. The van der Waals surface area contributed by atoms with Gasteiger partial charge in [-0.05, 0) is 49.8 Å². The number of ether oxygens (including phenoxy) is 1. The Kier molecular flexibility index (Phi) is 4.73. The van der Waals surface area contributed by atoms with Gasteiger partial charge >= 0.3 is 5.97 Å². The van der Waals surface area contributed by atoms with E-state index in [4.69, 9.17) is 16.3 Å². The number of hydrogen-bond donors (Lipinski definition) is 0. The predicted octanol–water partition coefficient (Wildman–Crippen LogP) is 4.07. The van der Waals surface area contributed by atoms with Crippen molar-refractivity contribution in [3.63, 3.8) is 0 Å². The van der Waals surface area contributed by atoms with Crippen LogP contribution in [0.3, 0.4) is 0 Å². The van der Waals surface area contributed by atoms with Crippen LogP contribution in [0, 0.1) is 12.8 Å². The van der Waals surface area contributed by atoms with Crippen LogP contribution >= 0.6 is 22.9 Å². The summed E-state index contributed by atoms with van der Waals surface area (Å²) in [5.41, 5.74) is 0.883. The van der Waals surface area contributed by atoms with Crippen molar-refractivity contribution in [3.05, 3.63) is 15.7 Å². The maximum atomic E-state index is 12.2. The zero-order chi connectivity index (χ0) is 16.6. The summed E-state index contributed by atoms with van der Waals surface area (Å²) >= 11 is 7.45. The van der Waals surface area contributed by atoms with Gasteiger partial charge in [-0.15, -0.1) is 11.3 Å². The van der Waals surface area contributed by atoms with E-state index in [-0.39, 0.29) is 11.3 Å². The van der Waals surface area contributed by atoms with Crippen LogP contribution in [0.15, 0.2) is 0 Å². The predicted molar refractivity (Wildman–Crippen MR) is 93.7 cm³/mol. The van der Waals surface area contributed by atoms with Gasteiger partial charge in [0.1, 0.15) is 15.5 Å². The van der Waals surface area contributed by atoms with Gasteiger partial charge in [-0.2, -0.15) is 4.98 Å². The first-order chi connectivity index (χ1) is 11.0. The third kappa shape index (κ3) is 3.15. The van der Waals surface area contributed by atoms with Gasteiger partial charge in [0.25, 0.3) is 0 Å². The number of rotatable bonds is 3. The number of thiophene rings is 1. The number of hydrogen-bond acceptors (Lipinski definition) is 6. The lowest BCUT2D eigenvalue weighted by molar-refractivity contribution is 0.0531. The van der Waals surface area contributed by atoms with E-state index >= 15 is 0 Å². The molecule has 0 amide bonds. The molecule has 0 aliphatic carbocycles. The maximum Gasteiger partial charge on any atom is 0.348 e. The molecule has 1 saturated heterocycles. The number of carbonyl (C=O) groups is 1. The molecular formula is C16H20ClN3O2S. The van der Waals surface area contributed by atoms with Crippen molar-refractivity contribution in [2.24, 2.45) is 5.92 Å². The number of aryl methyl sites for hydroxylation is 1. The Morgan fingerprint density at radius 3 is 2.96 bits per heavy atom. The van der Waals surface area contributed by atoms with Crippen LogP contribution < -0.4 is 4.90 Å². The molecule has 1 atom stereocenters. The lowest BCUT2D eigenvalue weighted by Gasteiger charge is -2.32. The van der Waals surface area contributed by atoms with Crippen LogP contribution in [0.1, 0.15) is 41.9 Å². The Morgan fingerprint density at radius 1 is 1.48 bits per heavy atom. The van der Waals surface area contributed by atoms with E-state index in [1.54, 1.807) is 6.92 Å². The molecule has 3 rings (SSSR count). The number of aromatic nitrogens is 2. The Morgan fingerprint density at radius 2 is 2.26 bits per heavy atom. The van der Waals surface area contributed by atoms with Gasteiger partial charge in [0.15, 0.2) is 0 Å². The SMILES string of the molecule is CCOC(=O)c1sc2nc(Cl)nc(N3CCCC(C)C3)c2c1C. The van der Waals surface area contributed by atoms with Gasteiger partial charge in [-0.25, -0.2) is 9.78 Å². The number of fused-ring (bicyclic) bond motifs is 1. The van der Waals surface area contributed by atoms with Gasteiger partial charge < -0.3 is 9.64 Å². The average molecular weight is 354 g/mol. The van der Waals surface area contributed by atoms with E-state index in [9.17, 15) is 4.79 Å². The first-order valence-corrected chi connectivity index (χ1v) is 9.09. The third-order valence-corrected chi connectivity index (χ3v) is 5.50. The fourth-order valence-corrected chi connectivity index (χ4v) is 4.38. The lowest BCUT2D eigenvalue weighted by Crippen LogP contribution is -2.35. The Bertz CT molecular complexity index is 746. The molecule has 1 aliphatic heterocycles. The van der Waals surface area contributed by atoms with Crippen molar-refractivity contribution in [2.75, 3.05) is 24.6 Å². The van der Waals surface area contributed by atoms with Crippen LogP contribution in [0.2, 0.25) is 5.28 Å². The second-order valence-electron chi connectivity index (χ2n) is 5.97. The largest absolute Gasteiger partial charge is 0.462 e. The normalized spacial score (nSPS) is 18.4. The molecule has 0 saturated carbocycles. The molecule has 0 radical (unpaired) electrons. The number of esters is 1. The molecule has 1 unspecified atom stereocenters. The summed E-state index contributed by atoms with van der Waals surface area (Å²) < 4.78 is 5.15. The summed E-state index contributed by atoms with van der Waals surface area (Å²) in [4.78, 5) is 24.5. The molecule has 7 heteroatoms. The first-order valence-electron chi connectivity index (χ1n) is 7.90. The fourth-order valence-electron chi connectivity index (χ4n) is 3.09. The Labute approximate surface area is 144 Å². The fraction of sp³-hybridized carbons (Fsp3) is 0.562. The maximum absolute atomic E-state index is 12.2. The highest BCUT2D eigenvalue weighted by Gasteiger charge is 2.25. The van der Waals surface area contributed by atoms with E-state index in [2.05, 4.69) is 21.8 Å². The van der Waals surface area contributed by atoms with Crippen LogP contribution in [-0.4, -0.2) is 35.6 Å². The number of halogens is 1. The van der Waals surface area contributed by atoms with Gasteiger partial charge in [0.2, 0.25) is 5.28 Å². The van der Waals surface area contributed by atoms with Crippen molar-refractivity contribution in [1.29, 1.82) is 0 Å². The Hall–Kier alpha value is -1.40. The zero-order valence-corrected chi connectivity index (χ0v) is 15.1. The van der Waals surface area contributed by atoms with Crippen molar-refractivity contribution in [1.82, 2.24) is 9.97 Å². The van der Waals surface area contributed by atoms with Gasteiger partial charge in [-0.1, -0.05) is 6.92 Å². The second kappa shape index (κ2) is 6.61. The van der Waals surface area contributed by atoms with Gasteiger partial charge in [0.05, 0.1) is 12.0 Å². The average Bonchev–Trinajstić information content (AvgIpc) is 2.83. The molecule has 0 aromatic carbocycles. The molecule has 5 nitrogen and oxygen atoms in total. The van der Waals surface area contributed by atoms with E-state index in [1.807, 2.05) is 6.92 Å². The minimum Gasteiger partial charge on any atom is -0.462 e. The number of piperidine rings is 1. The molecule has 2 aromatic rings. The van der Waals surface area contributed by atoms with Crippen LogP contribution in [0.4, 0.5) is 5.82 Å². The minimum atomic E-state index is -0.304. The van der Waals surface area contributed by atoms with Crippen molar-refractivity contribution in [3.8, 4) is 0 Å². The molecule has 1 aliphatic rings. The highest BCUT2D eigenvalue weighted by molar-refractivity contribution is 7.20. The van der Waals surface area contributed by atoms with Gasteiger partial charge in [0, 0.05) is 13.1 Å². The molecular weight excluding hydrogens is 334 g/mol. The summed E-state index contributed by atoms with van der Waals surface area (Å²) in [6, 6.07) is 0. The van der Waals surface area contributed by atoms with E-state index in [0.29, 0.717) is 17.4 Å². The van der Waals surface area contributed by atoms with Crippen molar-refractivity contribution < 1.29 is 9.53 Å². The monoisotopic (exact) mass is 353 g/mol. The van der Waals surface area contributed by atoms with Crippen molar-refractivity contribution >= 4 is 44.9 Å². The standard InChI is InChI=1S/C16H20ClN3O2S/c1-4-22-15(21)12-10(3)11-13(18-16(17)19-14(11)23-12)20-7-5-6-9(2)8-20/h9H,4-8H2,1-3H3. The van der Waals surface area contributed by atoms with E-state index in [1.165, 1.54) is 17.8 Å². The minimum absolute atomic E-state index is 0.224. The van der Waals surface area contributed by atoms with Gasteiger partial charge in [-0.3, -0.25) is 0 Å². The first kappa shape index (κ1) is 16.5. The summed E-state index contributed by atoms with van der Waals surface area (Å²) in [5.74, 6) is 1.16. The summed E-state index contributed by atoms with van der Waals surface area (Å²) in [6.45, 7) is 8.24. The number of carbonyl (C=O) groups excluding carboxylic acids is 1. The zero-order valence-electron chi connectivity index (χ0n) is 13.6.